The first-order valence-electron chi connectivity index (χ1n) is 7.42. The Balaban J connectivity index is 2.49. The van der Waals surface area contributed by atoms with E-state index >= 15 is 0 Å². The summed E-state index contributed by atoms with van der Waals surface area (Å²) < 4.78 is 10.3. The molecule has 0 spiro atoms. The molecule has 0 radical (unpaired) electrons. The van der Waals surface area contributed by atoms with Crippen LogP contribution >= 0.6 is 0 Å². The van der Waals surface area contributed by atoms with E-state index in [1.807, 2.05) is 45.0 Å². The summed E-state index contributed by atoms with van der Waals surface area (Å²) in [6.07, 6.45) is 3.72. The lowest BCUT2D eigenvalue weighted by molar-refractivity contribution is -0.144. The molecule has 1 aromatic carbocycles. The number of ether oxygens (including phenoxy) is 2. The highest BCUT2D eigenvalue weighted by Gasteiger charge is 2.08. The molecule has 0 aliphatic rings. The molecule has 0 aromatic heterocycles. The summed E-state index contributed by atoms with van der Waals surface area (Å²) in [5, 5.41) is 2.72. The van der Waals surface area contributed by atoms with E-state index in [9.17, 15) is 9.59 Å². The van der Waals surface area contributed by atoms with Crippen molar-refractivity contribution < 1.29 is 19.1 Å². The highest BCUT2D eigenvalue weighted by atomic mass is 16.5. The van der Waals surface area contributed by atoms with Crippen molar-refractivity contribution in [2.45, 2.75) is 33.2 Å². The average molecular weight is 305 g/mol. The molecule has 5 nitrogen and oxygen atoms in total. The Labute approximate surface area is 131 Å². The third-order valence-electron chi connectivity index (χ3n) is 2.98. The van der Waals surface area contributed by atoms with Gasteiger partial charge in [-0.25, -0.2) is 4.79 Å². The molecule has 0 saturated carbocycles. The van der Waals surface area contributed by atoms with Gasteiger partial charge in [-0.1, -0.05) is 25.1 Å². The summed E-state index contributed by atoms with van der Waals surface area (Å²) in [5.74, 6) is -0.167. The van der Waals surface area contributed by atoms with Crippen LogP contribution in [0.4, 0.5) is 0 Å². The minimum Gasteiger partial charge on any atom is -0.493 e. The normalized spacial score (nSPS) is 12.0. The fourth-order valence-corrected chi connectivity index (χ4v) is 1.67. The van der Waals surface area contributed by atoms with Crippen molar-refractivity contribution in [1.82, 2.24) is 5.32 Å². The fraction of sp³-hybridized carbons (Fsp3) is 0.412. The number of nitrogens with one attached hydrogen (secondary N) is 1. The number of carbonyl (C=O) groups excluding carboxylic acids is 2. The molecule has 0 saturated heterocycles. The van der Waals surface area contributed by atoms with E-state index in [-0.39, 0.29) is 18.6 Å². The molecular formula is C17H23NO4. The topological polar surface area (TPSA) is 64.6 Å². The van der Waals surface area contributed by atoms with Crippen molar-refractivity contribution in [3.8, 4) is 5.75 Å². The lowest BCUT2D eigenvalue weighted by atomic mass is 10.2. The number of benzene rings is 1. The van der Waals surface area contributed by atoms with Gasteiger partial charge >= 0.3 is 5.97 Å². The molecular weight excluding hydrogens is 282 g/mol. The van der Waals surface area contributed by atoms with Gasteiger partial charge in [-0.15, -0.1) is 0 Å². The highest BCUT2D eigenvalue weighted by Crippen LogP contribution is 2.19. The number of esters is 1. The lowest BCUT2D eigenvalue weighted by Gasteiger charge is -2.10. The summed E-state index contributed by atoms with van der Waals surface area (Å²) >= 11 is 0. The van der Waals surface area contributed by atoms with Crippen LogP contribution in [0.1, 0.15) is 32.8 Å². The maximum atomic E-state index is 11.6. The smallest absolute Gasteiger partial charge is 0.331 e. The number of hydrogen-bond acceptors (Lipinski definition) is 4. The van der Waals surface area contributed by atoms with E-state index in [1.54, 1.807) is 6.08 Å². The van der Waals surface area contributed by atoms with Gasteiger partial charge in [0.2, 0.25) is 0 Å². The van der Waals surface area contributed by atoms with Crippen molar-refractivity contribution in [1.29, 1.82) is 0 Å². The molecule has 1 rings (SSSR count). The number of amides is 1. The fourth-order valence-electron chi connectivity index (χ4n) is 1.67. The van der Waals surface area contributed by atoms with E-state index in [0.29, 0.717) is 12.4 Å². The standard InChI is InChI=1S/C17H23NO4/c1-4-13(3)18-16(19)12-22-17(20)11-10-14-8-6-7-9-15(14)21-5-2/h6-11,13H,4-5,12H2,1-3H3,(H,18,19)/b11-10+/t13-/m1/s1. The van der Waals surface area contributed by atoms with Crippen molar-refractivity contribution in [3.63, 3.8) is 0 Å². The molecule has 5 heteroatoms. The van der Waals surface area contributed by atoms with Gasteiger partial charge in [-0.05, 0) is 32.4 Å². The summed E-state index contributed by atoms with van der Waals surface area (Å²) in [6.45, 7) is 6.02. The van der Waals surface area contributed by atoms with Crippen LogP contribution in [0.25, 0.3) is 6.08 Å². The molecule has 0 heterocycles. The van der Waals surface area contributed by atoms with Gasteiger partial charge in [0, 0.05) is 17.7 Å². The zero-order valence-electron chi connectivity index (χ0n) is 13.3. The van der Waals surface area contributed by atoms with Crippen LogP contribution in [0.3, 0.4) is 0 Å². The molecule has 22 heavy (non-hydrogen) atoms. The van der Waals surface area contributed by atoms with Crippen molar-refractivity contribution in [2.24, 2.45) is 0 Å². The summed E-state index contributed by atoms with van der Waals surface area (Å²) in [4.78, 5) is 23.1. The van der Waals surface area contributed by atoms with Crippen molar-refractivity contribution >= 4 is 18.0 Å². The zero-order valence-corrected chi connectivity index (χ0v) is 13.3. The van der Waals surface area contributed by atoms with Gasteiger partial charge in [0.25, 0.3) is 5.91 Å². The van der Waals surface area contributed by atoms with Crippen LogP contribution < -0.4 is 10.1 Å². The Morgan fingerprint density at radius 1 is 1.27 bits per heavy atom. The van der Waals surface area contributed by atoms with Crippen LogP contribution in [0, 0.1) is 0 Å². The zero-order chi connectivity index (χ0) is 16.4. The Morgan fingerprint density at radius 3 is 2.68 bits per heavy atom. The first-order chi connectivity index (χ1) is 10.6. The number of hydrogen-bond donors (Lipinski definition) is 1. The first-order valence-corrected chi connectivity index (χ1v) is 7.42. The minimum atomic E-state index is -0.564. The van der Waals surface area contributed by atoms with Crippen LogP contribution in [0.5, 0.6) is 5.75 Å². The van der Waals surface area contributed by atoms with Crippen LogP contribution in [-0.4, -0.2) is 31.1 Å². The van der Waals surface area contributed by atoms with Gasteiger partial charge in [0.05, 0.1) is 6.61 Å². The summed E-state index contributed by atoms with van der Waals surface area (Å²) in [7, 11) is 0. The van der Waals surface area contributed by atoms with Crippen molar-refractivity contribution in [2.75, 3.05) is 13.2 Å². The summed E-state index contributed by atoms with van der Waals surface area (Å²) in [6, 6.07) is 7.45. The lowest BCUT2D eigenvalue weighted by Crippen LogP contribution is -2.35. The number of rotatable bonds is 8. The van der Waals surface area contributed by atoms with Crippen LogP contribution in [0.15, 0.2) is 30.3 Å². The maximum Gasteiger partial charge on any atom is 0.331 e. The third kappa shape index (κ3) is 6.43. The van der Waals surface area contributed by atoms with Gasteiger partial charge in [-0.2, -0.15) is 0 Å². The summed E-state index contributed by atoms with van der Waals surface area (Å²) in [5.41, 5.74) is 0.783. The Morgan fingerprint density at radius 2 is 2.00 bits per heavy atom. The maximum absolute atomic E-state index is 11.6. The van der Waals surface area contributed by atoms with Gasteiger partial charge in [0.15, 0.2) is 6.61 Å². The second-order valence-electron chi connectivity index (χ2n) is 4.79. The van der Waals surface area contributed by atoms with E-state index < -0.39 is 5.97 Å². The molecule has 1 atom stereocenters. The molecule has 120 valence electrons. The molecule has 1 amide bonds. The van der Waals surface area contributed by atoms with Crippen molar-refractivity contribution in [3.05, 3.63) is 35.9 Å². The van der Waals surface area contributed by atoms with E-state index in [4.69, 9.17) is 9.47 Å². The predicted octanol–water partition coefficient (Wildman–Crippen LogP) is 2.56. The molecule has 1 N–H and O–H groups in total. The SMILES string of the molecule is CCOc1ccccc1/C=C/C(=O)OCC(=O)N[C@H](C)CC. The van der Waals surface area contributed by atoms with E-state index in [1.165, 1.54) is 6.08 Å². The number of carbonyl (C=O) groups is 2. The van der Waals surface area contributed by atoms with Crippen LogP contribution in [0.2, 0.25) is 0 Å². The monoisotopic (exact) mass is 305 g/mol. The van der Waals surface area contributed by atoms with Gasteiger partial charge in [0.1, 0.15) is 5.75 Å². The average Bonchev–Trinajstić information content (AvgIpc) is 2.52. The first kappa shape index (κ1) is 17.8. The van der Waals surface area contributed by atoms with Gasteiger partial charge < -0.3 is 14.8 Å². The number of para-hydroxylation sites is 1. The Hall–Kier alpha value is -2.30. The third-order valence-corrected chi connectivity index (χ3v) is 2.98. The predicted molar refractivity (Wildman–Crippen MR) is 85.5 cm³/mol. The molecule has 0 fully saturated rings. The second-order valence-corrected chi connectivity index (χ2v) is 4.79. The minimum absolute atomic E-state index is 0.0693. The molecule has 0 aliphatic carbocycles. The Bertz CT molecular complexity index is 525. The molecule has 0 aliphatic heterocycles. The largest absolute Gasteiger partial charge is 0.493 e. The van der Waals surface area contributed by atoms with Crippen LogP contribution in [-0.2, 0) is 14.3 Å². The molecule has 1 aromatic rings. The highest BCUT2D eigenvalue weighted by molar-refractivity contribution is 5.89. The second kappa shape index (κ2) is 9.60. The van der Waals surface area contributed by atoms with E-state index in [0.717, 1.165) is 12.0 Å². The molecule has 0 unspecified atom stereocenters. The molecule has 0 bridgehead atoms. The van der Waals surface area contributed by atoms with Gasteiger partial charge in [-0.3, -0.25) is 4.79 Å². The van der Waals surface area contributed by atoms with E-state index in [2.05, 4.69) is 5.32 Å². The quantitative estimate of drug-likeness (QED) is 0.592. The Kier molecular flexibility index (Phi) is 7.75.